The van der Waals surface area contributed by atoms with Crippen LogP contribution in [0, 0.1) is 5.41 Å². The first-order chi connectivity index (χ1) is 10.9. The van der Waals surface area contributed by atoms with Gasteiger partial charge in [0.25, 0.3) is 5.91 Å². The molecule has 1 rings (SSSR count). The van der Waals surface area contributed by atoms with Crippen molar-refractivity contribution in [1.82, 2.24) is 10.6 Å². The lowest BCUT2D eigenvalue weighted by Gasteiger charge is -2.26. The summed E-state index contributed by atoms with van der Waals surface area (Å²) in [7, 11) is 1.73. The van der Waals surface area contributed by atoms with Crippen molar-refractivity contribution in [3.05, 3.63) is 23.7 Å². The van der Waals surface area contributed by atoms with Gasteiger partial charge in [-0.2, -0.15) is 0 Å². The van der Waals surface area contributed by atoms with Crippen molar-refractivity contribution in [3.63, 3.8) is 0 Å². The number of rotatable bonds is 9. The van der Waals surface area contributed by atoms with Crippen LogP contribution in [-0.2, 0) is 6.54 Å². The van der Waals surface area contributed by atoms with Crippen molar-refractivity contribution in [2.24, 2.45) is 16.1 Å². The Bertz CT molecular complexity index is 520. The lowest BCUT2D eigenvalue weighted by Crippen LogP contribution is -2.41. The molecular weight excluding hydrogens is 292 g/mol. The SMILES string of the molecule is CCCCCC(C)(C)CNC(=NC)NCc1ccc(C(N)=O)o1. The molecule has 1 amide bonds. The van der Waals surface area contributed by atoms with E-state index >= 15 is 0 Å². The normalized spacial score (nSPS) is 12.3. The summed E-state index contributed by atoms with van der Waals surface area (Å²) in [4.78, 5) is 15.2. The third-order valence-corrected chi connectivity index (χ3v) is 3.75. The molecule has 6 heteroatoms. The van der Waals surface area contributed by atoms with Gasteiger partial charge < -0.3 is 20.8 Å². The van der Waals surface area contributed by atoms with Crippen molar-refractivity contribution in [2.45, 2.75) is 53.0 Å². The van der Waals surface area contributed by atoms with Crippen LogP contribution >= 0.6 is 0 Å². The molecule has 130 valence electrons. The Hall–Kier alpha value is -1.98. The van der Waals surface area contributed by atoms with Crippen LogP contribution in [0.25, 0.3) is 0 Å². The number of nitrogens with zero attached hydrogens (tertiary/aromatic N) is 1. The van der Waals surface area contributed by atoms with Gasteiger partial charge >= 0.3 is 0 Å². The van der Waals surface area contributed by atoms with Gasteiger partial charge in [-0.1, -0.05) is 40.0 Å². The fourth-order valence-electron chi connectivity index (χ4n) is 2.26. The average Bonchev–Trinajstić information content (AvgIpc) is 2.97. The molecule has 0 spiro atoms. The van der Waals surface area contributed by atoms with Crippen molar-refractivity contribution < 1.29 is 9.21 Å². The summed E-state index contributed by atoms with van der Waals surface area (Å²) in [6, 6.07) is 3.31. The van der Waals surface area contributed by atoms with E-state index in [1.54, 1.807) is 19.2 Å². The van der Waals surface area contributed by atoms with E-state index in [2.05, 4.69) is 36.4 Å². The number of carbonyl (C=O) groups is 1. The molecule has 0 bridgehead atoms. The molecule has 1 heterocycles. The number of unbranched alkanes of at least 4 members (excludes halogenated alkanes) is 2. The minimum Gasteiger partial charge on any atom is -0.454 e. The van der Waals surface area contributed by atoms with Crippen LogP contribution < -0.4 is 16.4 Å². The smallest absolute Gasteiger partial charge is 0.284 e. The summed E-state index contributed by atoms with van der Waals surface area (Å²) in [6.07, 6.45) is 4.95. The molecule has 0 saturated carbocycles. The number of aliphatic imine (C=N–C) groups is 1. The predicted octanol–water partition coefficient (Wildman–Crippen LogP) is 2.65. The lowest BCUT2D eigenvalue weighted by atomic mass is 9.87. The van der Waals surface area contributed by atoms with E-state index in [0.717, 1.165) is 6.54 Å². The molecule has 1 aromatic rings. The monoisotopic (exact) mass is 322 g/mol. The number of furan rings is 1. The second kappa shape index (κ2) is 9.22. The number of nitrogens with one attached hydrogen (secondary N) is 2. The van der Waals surface area contributed by atoms with E-state index < -0.39 is 5.91 Å². The van der Waals surface area contributed by atoms with Crippen molar-refractivity contribution in [3.8, 4) is 0 Å². The predicted molar refractivity (Wildman–Crippen MR) is 93.4 cm³/mol. The highest BCUT2D eigenvalue weighted by atomic mass is 16.3. The zero-order valence-electron chi connectivity index (χ0n) is 14.7. The molecule has 4 N–H and O–H groups in total. The van der Waals surface area contributed by atoms with Crippen molar-refractivity contribution >= 4 is 11.9 Å². The highest BCUT2D eigenvalue weighted by Gasteiger charge is 2.17. The first-order valence-corrected chi connectivity index (χ1v) is 8.21. The third kappa shape index (κ3) is 7.21. The molecule has 6 nitrogen and oxygen atoms in total. The molecular formula is C17H30N4O2. The molecule has 0 aliphatic heterocycles. The summed E-state index contributed by atoms with van der Waals surface area (Å²) in [5, 5.41) is 6.51. The molecule has 1 aromatic heterocycles. The first-order valence-electron chi connectivity index (χ1n) is 8.21. The van der Waals surface area contributed by atoms with Crippen LogP contribution in [0.2, 0.25) is 0 Å². The number of primary amides is 1. The number of hydrogen-bond donors (Lipinski definition) is 3. The van der Waals surface area contributed by atoms with Gasteiger partial charge in [-0.3, -0.25) is 9.79 Å². The second-order valence-corrected chi connectivity index (χ2v) is 6.53. The highest BCUT2D eigenvalue weighted by molar-refractivity contribution is 5.89. The van der Waals surface area contributed by atoms with Crippen LogP contribution in [0.3, 0.4) is 0 Å². The largest absolute Gasteiger partial charge is 0.454 e. The van der Waals surface area contributed by atoms with Gasteiger partial charge in [0.2, 0.25) is 0 Å². The Balaban J connectivity index is 2.40. The molecule has 0 unspecified atom stereocenters. The lowest BCUT2D eigenvalue weighted by molar-refractivity contribution is 0.0972. The third-order valence-electron chi connectivity index (χ3n) is 3.75. The van der Waals surface area contributed by atoms with E-state index in [1.807, 2.05) is 0 Å². The molecule has 0 fully saturated rings. The Morgan fingerprint density at radius 2 is 2.04 bits per heavy atom. The maximum absolute atomic E-state index is 11.0. The maximum Gasteiger partial charge on any atom is 0.284 e. The fraction of sp³-hybridized carbons (Fsp3) is 0.647. The Labute approximate surface area is 138 Å². The van der Waals surface area contributed by atoms with Crippen LogP contribution in [0.1, 0.15) is 62.8 Å². The van der Waals surface area contributed by atoms with E-state index in [-0.39, 0.29) is 11.2 Å². The molecule has 0 radical (unpaired) electrons. The zero-order valence-corrected chi connectivity index (χ0v) is 14.7. The quantitative estimate of drug-likeness (QED) is 0.370. The van der Waals surface area contributed by atoms with Crippen LogP contribution in [0.15, 0.2) is 21.5 Å². The molecule has 0 saturated heterocycles. The second-order valence-electron chi connectivity index (χ2n) is 6.53. The summed E-state index contributed by atoms with van der Waals surface area (Å²) in [5.41, 5.74) is 5.38. The van der Waals surface area contributed by atoms with Crippen molar-refractivity contribution in [1.29, 1.82) is 0 Å². The fourth-order valence-corrected chi connectivity index (χ4v) is 2.26. The number of guanidine groups is 1. The van der Waals surface area contributed by atoms with Crippen molar-refractivity contribution in [2.75, 3.05) is 13.6 Å². The Morgan fingerprint density at radius 3 is 2.61 bits per heavy atom. The summed E-state index contributed by atoms with van der Waals surface area (Å²) in [5.74, 6) is 0.962. The standard InChI is InChI=1S/C17H30N4O2/c1-5-6-7-10-17(2,3)12-21-16(19-4)20-11-13-8-9-14(23-13)15(18)22/h8-9H,5-7,10-12H2,1-4H3,(H2,18,22)(H2,19,20,21). The molecule has 0 atom stereocenters. The molecule has 0 aliphatic rings. The number of nitrogens with two attached hydrogens (primary N) is 1. The van der Waals surface area contributed by atoms with Gasteiger partial charge in [0.05, 0.1) is 6.54 Å². The van der Waals surface area contributed by atoms with Gasteiger partial charge in [0.15, 0.2) is 11.7 Å². The van der Waals surface area contributed by atoms with Gasteiger partial charge in [-0.05, 0) is 24.0 Å². The summed E-state index contributed by atoms with van der Waals surface area (Å²) in [6.45, 7) is 8.03. The van der Waals surface area contributed by atoms with Gasteiger partial charge in [-0.25, -0.2) is 0 Å². The zero-order chi connectivity index (χ0) is 17.3. The van der Waals surface area contributed by atoms with E-state index in [4.69, 9.17) is 10.2 Å². The van der Waals surface area contributed by atoms with E-state index in [0.29, 0.717) is 18.3 Å². The Kier molecular flexibility index (Phi) is 7.65. The number of carbonyl (C=O) groups excluding carboxylic acids is 1. The number of amides is 1. The maximum atomic E-state index is 11.0. The molecule has 0 aromatic carbocycles. The summed E-state index contributed by atoms with van der Waals surface area (Å²) >= 11 is 0. The van der Waals surface area contributed by atoms with Gasteiger partial charge in [0.1, 0.15) is 5.76 Å². The summed E-state index contributed by atoms with van der Waals surface area (Å²) < 4.78 is 5.33. The first kappa shape index (κ1) is 19.1. The van der Waals surface area contributed by atoms with Crippen LogP contribution in [-0.4, -0.2) is 25.5 Å². The Morgan fingerprint density at radius 1 is 1.30 bits per heavy atom. The number of hydrogen-bond acceptors (Lipinski definition) is 3. The van der Waals surface area contributed by atoms with Gasteiger partial charge in [-0.15, -0.1) is 0 Å². The minimum absolute atomic E-state index is 0.168. The average molecular weight is 322 g/mol. The highest BCUT2D eigenvalue weighted by Crippen LogP contribution is 2.22. The minimum atomic E-state index is -0.562. The van der Waals surface area contributed by atoms with Crippen LogP contribution in [0.4, 0.5) is 0 Å². The van der Waals surface area contributed by atoms with Crippen LogP contribution in [0.5, 0.6) is 0 Å². The van der Waals surface area contributed by atoms with E-state index in [9.17, 15) is 4.79 Å². The van der Waals surface area contributed by atoms with Gasteiger partial charge in [0, 0.05) is 13.6 Å². The molecule has 0 aliphatic carbocycles. The molecule has 23 heavy (non-hydrogen) atoms. The topological polar surface area (TPSA) is 92.6 Å². The van der Waals surface area contributed by atoms with E-state index in [1.165, 1.54) is 25.7 Å².